The molecule has 0 amide bonds. The van der Waals surface area contributed by atoms with Crippen LogP contribution in [0.5, 0.6) is 0 Å². The third-order valence-corrected chi connectivity index (χ3v) is 4.46. The average molecular weight is 261 g/mol. The maximum Gasteiger partial charge on any atom is 0.0537 e. The number of allylic oxidation sites excluding steroid dienone is 2. The van der Waals surface area contributed by atoms with Crippen LogP contribution < -0.4 is 0 Å². The van der Waals surface area contributed by atoms with Crippen molar-refractivity contribution >= 4 is 27.5 Å². The number of aromatic nitrogens is 1. The van der Waals surface area contributed by atoms with Crippen LogP contribution in [-0.4, -0.2) is 4.57 Å². The number of nitrogens with zero attached hydrogens (tertiary/aromatic N) is 1. The van der Waals surface area contributed by atoms with Crippen molar-refractivity contribution in [2.75, 3.05) is 0 Å². The van der Waals surface area contributed by atoms with Crippen LogP contribution in [0.25, 0.3) is 27.5 Å². The lowest BCUT2D eigenvalue weighted by molar-refractivity contribution is 0.527. The van der Waals surface area contributed by atoms with Gasteiger partial charge >= 0.3 is 0 Å². The number of rotatable bonds is 1. The lowest BCUT2D eigenvalue weighted by atomic mass is 9.94. The second-order valence-corrected chi connectivity index (χ2v) is 5.95. The molecule has 0 aliphatic heterocycles. The van der Waals surface area contributed by atoms with Crippen LogP contribution >= 0.6 is 0 Å². The molecule has 1 aliphatic carbocycles. The van der Waals surface area contributed by atoms with Crippen LogP contribution in [0, 0.1) is 5.92 Å². The summed E-state index contributed by atoms with van der Waals surface area (Å²) in [6.45, 7) is 2.36. The molecule has 0 radical (unpaired) electrons. The molecule has 0 N–H and O–H groups in total. The van der Waals surface area contributed by atoms with Gasteiger partial charge in [0.2, 0.25) is 0 Å². The molecular weight excluding hydrogens is 242 g/mol. The Kier molecular flexibility index (Phi) is 2.66. The SMILES string of the molecule is C[C@@H]1CCC=C(n2c3ccccc3c3ccccc32)C1. The van der Waals surface area contributed by atoms with E-state index >= 15 is 0 Å². The van der Waals surface area contributed by atoms with E-state index in [1.165, 1.54) is 46.8 Å². The Morgan fingerprint density at radius 2 is 1.50 bits per heavy atom. The number of benzene rings is 2. The molecule has 0 fully saturated rings. The van der Waals surface area contributed by atoms with Crippen molar-refractivity contribution in [2.24, 2.45) is 5.92 Å². The first-order valence-electron chi connectivity index (χ1n) is 7.52. The molecule has 0 saturated carbocycles. The fourth-order valence-corrected chi connectivity index (χ4v) is 3.49. The van der Waals surface area contributed by atoms with E-state index in [4.69, 9.17) is 0 Å². The Bertz CT molecular complexity index is 754. The Balaban J connectivity index is 2.08. The highest BCUT2D eigenvalue weighted by molar-refractivity contribution is 6.09. The summed E-state index contributed by atoms with van der Waals surface area (Å²) in [6, 6.07) is 17.5. The summed E-state index contributed by atoms with van der Waals surface area (Å²) in [7, 11) is 0. The van der Waals surface area contributed by atoms with Crippen molar-refractivity contribution in [1.29, 1.82) is 0 Å². The van der Waals surface area contributed by atoms with Gasteiger partial charge in [0.05, 0.1) is 11.0 Å². The zero-order valence-electron chi connectivity index (χ0n) is 11.8. The van der Waals surface area contributed by atoms with Crippen LogP contribution in [0.15, 0.2) is 54.6 Å². The minimum Gasteiger partial charge on any atom is -0.313 e. The van der Waals surface area contributed by atoms with Crippen LogP contribution in [0.4, 0.5) is 0 Å². The van der Waals surface area contributed by atoms with Crippen molar-refractivity contribution < 1.29 is 0 Å². The van der Waals surface area contributed by atoms with E-state index < -0.39 is 0 Å². The van der Waals surface area contributed by atoms with Crippen molar-refractivity contribution in [2.45, 2.75) is 26.2 Å². The lowest BCUT2D eigenvalue weighted by Gasteiger charge is -2.21. The first-order chi connectivity index (χ1) is 9.84. The number of para-hydroxylation sites is 2. The van der Waals surface area contributed by atoms with Crippen molar-refractivity contribution in [3.05, 3.63) is 54.6 Å². The third kappa shape index (κ3) is 1.70. The van der Waals surface area contributed by atoms with Crippen LogP contribution in [-0.2, 0) is 0 Å². The van der Waals surface area contributed by atoms with Crippen LogP contribution in [0.3, 0.4) is 0 Å². The van der Waals surface area contributed by atoms with Gasteiger partial charge in [-0.1, -0.05) is 49.4 Å². The van der Waals surface area contributed by atoms with Gasteiger partial charge in [-0.3, -0.25) is 0 Å². The van der Waals surface area contributed by atoms with Crippen molar-refractivity contribution in [1.82, 2.24) is 4.57 Å². The second-order valence-electron chi connectivity index (χ2n) is 5.95. The van der Waals surface area contributed by atoms with E-state index in [1.807, 2.05) is 0 Å². The summed E-state index contributed by atoms with van der Waals surface area (Å²) in [6.07, 6.45) is 6.14. The maximum atomic E-state index is 2.47. The quantitative estimate of drug-likeness (QED) is 0.548. The van der Waals surface area contributed by atoms with Gasteiger partial charge in [0, 0.05) is 16.5 Å². The normalized spacial score (nSPS) is 19.4. The topological polar surface area (TPSA) is 4.93 Å². The van der Waals surface area contributed by atoms with Gasteiger partial charge in [-0.25, -0.2) is 0 Å². The molecular formula is C19H19N. The smallest absolute Gasteiger partial charge is 0.0537 e. The summed E-state index contributed by atoms with van der Waals surface area (Å²) >= 11 is 0. The highest BCUT2D eigenvalue weighted by Gasteiger charge is 2.17. The van der Waals surface area contributed by atoms with E-state index in [2.05, 4.69) is 66.1 Å². The summed E-state index contributed by atoms with van der Waals surface area (Å²) in [5.74, 6) is 0.787. The Labute approximate surface area is 119 Å². The Hall–Kier alpha value is -2.02. The predicted octanol–water partition coefficient (Wildman–Crippen LogP) is 5.46. The molecule has 1 nitrogen and oxygen atoms in total. The molecule has 1 aromatic heterocycles. The monoisotopic (exact) mass is 261 g/mol. The Morgan fingerprint density at radius 3 is 2.10 bits per heavy atom. The molecule has 0 unspecified atom stereocenters. The molecule has 1 atom stereocenters. The molecule has 0 spiro atoms. The van der Waals surface area contributed by atoms with Crippen molar-refractivity contribution in [3.63, 3.8) is 0 Å². The highest BCUT2D eigenvalue weighted by atomic mass is 15.0. The summed E-state index contributed by atoms with van der Waals surface area (Å²) in [5.41, 5.74) is 4.16. The predicted molar refractivity (Wildman–Crippen MR) is 86.7 cm³/mol. The van der Waals surface area contributed by atoms with Crippen LogP contribution in [0.1, 0.15) is 26.2 Å². The minimum absolute atomic E-state index is 0.787. The highest BCUT2D eigenvalue weighted by Crippen LogP contribution is 2.35. The minimum atomic E-state index is 0.787. The molecule has 1 aliphatic rings. The van der Waals surface area contributed by atoms with Gasteiger partial charge in [0.1, 0.15) is 0 Å². The Morgan fingerprint density at radius 1 is 0.900 bits per heavy atom. The zero-order chi connectivity index (χ0) is 13.5. The third-order valence-electron chi connectivity index (χ3n) is 4.46. The van der Waals surface area contributed by atoms with Gasteiger partial charge in [-0.2, -0.15) is 0 Å². The van der Waals surface area contributed by atoms with Gasteiger partial charge in [-0.15, -0.1) is 0 Å². The molecule has 1 heterocycles. The van der Waals surface area contributed by atoms with Gasteiger partial charge in [0.25, 0.3) is 0 Å². The van der Waals surface area contributed by atoms with Crippen molar-refractivity contribution in [3.8, 4) is 0 Å². The molecule has 3 aromatic rings. The van der Waals surface area contributed by atoms with E-state index in [-0.39, 0.29) is 0 Å². The van der Waals surface area contributed by atoms with E-state index in [1.54, 1.807) is 0 Å². The van der Waals surface area contributed by atoms with Gasteiger partial charge in [0.15, 0.2) is 0 Å². The number of hydrogen-bond donors (Lipinski definition) is 0. The molecule has 2 aromatic carbocycles. The van der Waals surface area contributed by atoms with E-state index in [0.717, 1.165) is 5.92 Å². The summed E-state index contributed by atoms with van der Waals surface area (Å²) in [4.78, 5) is 0. The first kappa shape index (κ1) is 11.8. The molecule has 1 heteroatoms. The molecule has 100 valence electrons. The molecule has 4 rings (SSSR count). The fourth-order valence-electron chi connectivity index (χ4n) is 3.49. The lowest BCUT2D eigenvalue weighted by Crippen LogP contribution is -2.07. The maximum absolute atomic E-state index is 2.47. The average Bonchev–Trinajstić information content (AvgIpc) is 2.82. The summed E-state index contributed by atoms with van der Waals surface area (Å²) < 4.78 is 2.47. The largest absolute Gasteiger partial charge is 0.313 e. The summed E-state index contributed by atoms with van der Waals surface area (Å²) in [5, 5.41) is 2.73. The van der Waals surface area contributed by atoms with Crippen LogP contribution in [0.2, 0.25) is 0 Å². The molecule has 0 bridgehead atoms. The fraction of sp³-hybridized carbons (Fsp3) is 0.263. The van der Waals surface area contributed by atoms with Gasteiger partial charge < -0.3 is 4.57 Å². The van der Waals surface area contributed by atoms with Gasteiger partial charge in [-0.05, 0) is 37.3 Å². The zero-order valence-corrected chi connectivity index (χ0v) is 11.8. The number of fused-ring (bicyclic) bond motifs is 3. The first-order valence-corrected chi connectivity index (χ1v) is 7.52. The second kappa shape index (κ2) is 4.52. The molecule has 20 heavy (non-hydrogen) atoms. The standard InChI is InChI=1S/C19H19N/c1-14-7-6-8-15(13-14)20-18-11-4-2-9-16(18)17-10-3-5-12-19(17)20/h2-5,8-12,14H,6-7,13H2,1H3/t14-/m1/s1. The van der Waals surface area contributed by atoms with E-state index in [0.29, 0.717) is 0 Å². The molecule has 0 saturated heterocycles. The van der Waals surface area contributed by atoms with E-state index in [9.17, 15) is 0 Å². The number of hydrogen-bond acceptors (Lipinski definition) is 0.